The summed E-state index contributed by atoms with van der Waals surface area (Å²) >= 11 is 3.87. The van der Waals surface area contributed by atoms with Crippen molar-refractivity contribution in [3.05, 3.63) is 154 Å². The molecule has 0 aliphatic rings. The van der Waals surface area contributed by atoms with Crippen LogP contribution in [0.15, 0.2) is 133 Å². The summed E-state index contributed by atoms with van der Waals surface area (Å²) in [6, 6.07) is 49.9. The van der Waals surface area contributed by atoms with Gasteiger partial charge < -0.3 is 24.8 Å². The van der Waals surface area contributed by atoms with Crippen molar-refractivity contribution in [2.45, 2.75) is 79.1 Å². The molecule has 0 spiro atoms. The van der Waals surface area contributed by atoms with Crippen molar-refractivity contribution >= 4 is 44.2 Å². The summed E-state index contributed by atoms with van der Waals surface area (Å²) in [5.74, 6) is 1.14. The van der Waals surface area contributed by atoms with Crippen LogP contribution in [-0.2, 0) is 39.0 Å². The molecule has 0 saturated heterocycles. The van der Waals surface area contributed by atoms with Crippen molar-refractivity contribution in [1.29, 1.82) is 0 Å². The van der Waals surface area contributed by atoms with Crippen molar-refractivity contribution in [2.24, 2.45) is 0 Å². The number of hydrogen-bond acceptors (Lipinski definition) is 2. The first kappa shape index (κ1) is 44.7. The molecule has 0 fully saturated rings. The van der Waals surface area contributed by atoms with E-state index in [0.717, 1.165) is 0 Å². The maximum atomic E-state index is 2.36. The normalized spacial score (nSPS) is 10.9. The molecule has 8 aromatic rings. The topological polar surface area (TPSA) is 0 Å². The Kier molecular flexibility index (Phi) is 16.6. The van der Waals surface area contributed by atoms with Crippen molar-refractivity contribution in [3.63, 3.8) is 0 Å². The van der Waals surface area contributed by atoms with Gasteiger partial charge in [0.15, 0.2) is 0 Å². The molecule has 6 aromatic carbocycles. The fourth-order valence-electron chi connectivity index (χ4n) is 7.18. The molecule has 0 radical (unpaired) electrons. The zero-order chi connectivity index (χ0) is 36.2. The van der Waals surface area contributed by atoms with E-state index in [1.165, 1.54) is 111 Å². The van der Waals surface area contributed by atoms with Gasteiger partial charge in [0.1, 0.15) is 0 Å². The van der Waals surface area contributed by atoms with E-state index in [9.17, 15) is 0 Å². The zero-order valence-electron chi connectivity index (χ0n) is 32.8. The fraction of sp³-hybridized carbons (Fsp3) is 0.240. The number of aryl methyl sites for hydroxylation is 2. The van der Waals surface area contributed by atoms with E-state index in [-0.39, 0.29) is 51.0 Å². The Balaban J connectivity index is 0.000000232. The van der Waals surface area contributed by atoms with Gasteiger partial charge in [0.05, 0.1) is 0 Å². The molecule has 0 unspecified atom stereocenters. The molecule has 5 heteroatoms. The largest absolute Gasteiger partial charge is 4.00 e. The number of hydrogen-bond donors (Lipinski definition) is 0. The van der Waals surface area contributed by atoms with Crippen LogP contribution >= 0.6 is 22.7 Å². The monoisotopic (exact) mass is 874 g/mol. The van der Waals surface area contributed by atoms with Crippen LogP contribution in [0, 0.1) is 0 Å². The van der Waals surface area contributed by atoms with Gasteiger partial charge in [0.2, 0.25) is 0 Å². The third-order valence-corrected chi connectivity index (χ3v) is 12.6. The first-order chi connectivity index (χ1) is 25.3. The van der Waals surface area contributed by atoms with Crippen molar-refractivity contribution in [2.75, 3.05) is 0 Å². The summed E-state index contributed by atoms with van der Waals surface area (Å²) in [4.78, 5) is 5.73. The van der Waals surface area contributed by atoms with Crippen LogP contribution in [-0.4, -0.2) is 0 Å². The molecular weight excluding hydrogens is 827 g/mol. The number of fused-ring (bicyclic) bond motifs is 2. The minimum absolute atomic E-state index is 0. The SMILES string of the molecule is CCCc1ccc(-c2cc3c(-c4ccc(C(C)C)cc4)cccc3[cH-]2)s1.CCCc1ccc(-c2cc3c(-c4ccc(C(C)C)cc4)cccc3[cH-]2)s1.[Cl-].[Cl-].[Zr+4]. The van der Waals surface area contributed by atoms with Gasteiger partial charge in [-0.3, -0.25) is 0 Å². The number of thiophene rings is 2. The standard InChI is InChI=1S/2C25H25S.2ClH.Zr/c2*1-4-6-22-13-14-25(26-22)21-15-20-7-5-8-23(24(20)16-21)19-11-9-18(10-12-19)17(2)3;;;/h2*5,7-17H,4,6H2,1-3H3;2*1H;/q2*-1;;;+4/p-2. The summed E-state index contributed by atoms with van der Waals surface area (Å²) in [5.41, 5.74) is 10.7. The Morgan fingerprint density at radius 3 is 1.22 bits per heavy atom. The summed E-state index contributed by atoms with van der Waals surface area (Å²) in [5, 5.41) is 5.36. The Bertz CT molecular complexity index is 2210. The molecule has 0 saturated carbocycles. The molecule has 0 aliphatic heterocycles. The average Bonchev–Trinajstić information content (AvgIpc) is 3.98. The van der Waals surface area contributed by atoms with Gasteiger partial charge in [-0.2, -0.15) is 22.7 Å². The maximum absolute atomic E-state index is 2.36. The van der Waals surface area contributed by atoms with Gasteiger partial charge in [0.25, 0.3) is 0 Å². The molecule has 8 rings (SSSR count). The Hall–Kier alpha value is -3.04. The van der Waals surface area contributed by atoms with Crippen LogP contribution in [0.3, 0.4) is 0 Å². The molecule has 0 atom stereocenters. The molecular formula is C50H50Cl2S2Zr. The van der Waals surface area contributed by atoms with Gasteiger partial charge in [-0.25, -0.2) is 0 Å². The van der Waals surface area contributed by atoms with Crippen LogP contribution in [0.1, 0.15) is 87.1 Å². The molecule has 0 aliphatic carbocycles. The van der Waals surface area contributed by atoms with Crippen LogP contribution in [0.25, 0.3) is 64.7 Å². The first-order valence-corrected chi connectivity index (χ1v) is 20.7. The molecule has 55 heavy (non-hydrogen) atoms. The van der Waals surface area contributed by atoms with Crippen molar-refractivity contribution in [1.82, 2.24) is 0 Å². The predicted octanol–water partition coefficient (Wildman–Crippen LogP) is 10.1. The van der Waals surface area contributed by atoms with Crippen LogP contribution in [0.4, 0.5) is 0 Å². The van der Waals surface area contributed by atoms with Crippen molar-refractivity contribution in [3.8, 4) is 43.1 Å². The minimum atomic E-state index is 0. The van der Waals surface area contributed by atoms with E-state index in [1.54, 1.807) is 0 Å². The summed E-state index contributed by atoms with van der Waals surface area (Å²) in [7, 11) is 0. The molecule has 2 heterocycles. The Morgan fingerprint density at radius 2 is 0.873 bits per heavy atom. The van der Waals surface area contributed by atoms with E-state index < -0.39 is 0 Å². The number of halogens is 2. The zero-order valence-corrected chi connectivity index (χ0v) is 38.4. The Labute approximate surface area is 368 Å². The third-order valence-electron chi connectivity index (χ3n) is 10.2. The predicted molar refractivity (Wildman–Crippen MR) is 233 cm³/mol. The maximum Gasteiger partial charge on any atom is 4.00 e. The van der Waals surface area contributed by atoms with E-state index in [1.807, 2.05) is 22.7 Å². The van der Waals surface area contributed by atoms with E-state index in [4.69, 9.17) is 0 Å². The van der Waals surface area contributed by atoms with Gasteiger partial charge in [-0.15, -0.1) is 69.1 Å². The molecule has 2 aromatic heterocycles. The van der Waals surface area contributed by atoms with E-state index in [0.29, 0.717) is 11.8 Å². The number of rotatable bonds is 10. The second kappa shape index (κ2) is 20.4. The second-order valence-electron chi connectivity index (χ2n) is 14.7. The van der Waals surface area contributed by atoms with Gasteiger partial charge in [-0.05, 0) is 66.4 Å². The van der Waals surface area contributed by atoms with Gasteiger partial charge >= 0.3 is 26.2 Å². The summed E-state index contributed by atoms with van der Waals surface area (Å²) < 4.78 is 0. The van der Waals surface area contributed by atoms with Crippen LogP contribution in [0.2, 0.25) is 0 Å². The summed E-state index contributed by atoms with van der Waals surface area (Å²) in [6.45, 7) is 13.5. The molecule has 0 N–H and O–H groups in total. The average molecular weight is 877 g/mol. The summed E-state index contributed by atoms with van der Waals surface area (Å²) in [6.07, 6.45) is 4.77. The minimum Gasteiger partial charge on any atom is -1.00 e. The Morgan fingerprint density at radius 1 is 0.491 bits per heavy atom. The van der Waals surface area contributed by atoms with Gasteiger partial charge in [-0.1, -0.05) is 163 Å². The van der Waals surface area contributed by atoms with E-state index in [2.05, 4.69) is 175 Å². The third kappa shape index (κ3) is 10.3. The van der Waals surface area contributed by atoms with Crippen molar-refractivity contribution < 1.29 is 51.0 Å². The quantitative estimate of drug-likeness (QED) is 0.120. The molecule has 0 nitrogen and oxygen atoms in total. The first-order valence-electron chi connectivity index (χ1n) is 19.1. The molecule has 0 amide bonds. The van der Waals surface area contributed by atoms with E-state index >= 15 is 0 Å². The second-order valence-corrected chi connectivity index (χ2v) is 17.0. The molecule has 0 bridgehead atoms. The smallest absolute Gasteiger partial charge is 1.00 e. The fourth-order valence-corrected chi connectivity index (χ4v) is 9.37. The van der Waals surface area contributed by atoms with Crippen LogP contribution in [0.5, 0.6) is 0 Å². The number of benzene rings is 4. The molecule has 280 valence electrons. The van der Waals surface area contributed by atoms with Gasteiger partial charge in [0, 0.05) is 0 Å². The van der Waals surface area contributed by atoms with Crippen LogP contribution < -0.4 is 24.8 Å².